The van der Waals surface area contributed by atoms with Crippen LogP contribution in [-0.2, 0) is 0 Å². The first-order valence-electron chi connectivity index (χ1n) is 3.27. The van der Waals surface area contributed by atoms with E-state index in [1.807, 2.05) is 13.1 Å². The summed E-state index contributed by atoms with van der Waals surface area (Å²) in [5.41, 5.74) is 3.66. The van der Waals surface area contributed by atoms with E-state index in [-0.39, 0.29) is 0 Å². The van der Waals surface area contributed by atoms with Crippen LogP contribution < -0.4 is 5.32 Å². The lowest BCUT2D eigenvalue weighted by atomic mass is 10.4. The molecule has 11 heavy (non-hydrogen) atoms. The predicted molar refractivity (Wildman–Crippen MR) is 47.0 cm³/mol. The Bertz CT molecular complexity index is 368. The third kappa shape index (κ3) is 1.05. The molecule has 2 heterocycles. The normalized spacial score (nSPS) is 10.3. The third-order valence-electron chi connectivity index (χ3n) is 1.48. The Balaban J connectivity index is 2.67. The van der Waals surface area contributed by atoms with Gasteiger partial charge in [0.15, 0.2) is 5.65 Å². The molecule has 0 radical (unpaired) electrons. The molecule has 0 fully saturated rings. The molecule has 4 heteroatoms. The van der Waals surface area contributed by atoms with E-state index in [1.54, 1.807) is 23.0 Å². The second-order valence-corrected chi connectivity index (χ2v) is 3.03. The summed E-state index contributed by atoms with van der Waals surface area (Å²) in [5, 5.41) is 3.03. The van der Waals surface area contributed by atoms with Crippen LogP contribution in [0, 0.1) is 0 Å². The van der Waals surface area contributed by atoms with Crippen LogP contribution in [0.25, 0.3) is 10.3 Å². The van der Waals surface area contributed by atoms with Gasteiger partial charge in [-0.1, -0.05) is 0 Å². The number of anilines is 1. The summed E-state index contributed by atoms with van der Waals surface area (Å²) in [6.07, 6.45) is 1.78. The van der Waals surface area contributed by atoms with Crippen LogP contribution in [0.1, 0.15) is 0 Å². The number of nitrogens with one attached hydrogen (secondary N) is 1. The SMILES string of the molecule is CNc1cnc2ncsc2c1. The van der Waals surface area contributed by atoms with Gasteiger partial charge in [-0.25, -0.2) is 9.97 Å². The average molecular weight is 165 g/mol. The molecule has 2 rings (SSSR count). The number of hydrogen-bond acceptors (Lipinski definition) is 4. The van der Waals surface area contributed by atoms with Crippen molar-refractivity contribution in [2.75, 3.05) is 12.4 Å². The molecule has 0 bridgehead atoms. The Morgan fingerprint density at radius 1 is 1.45 bits per heavy atom. The van der Waals surface area contributed by atoms with Gasteiger partial charge >= 0.3 is 0 Å². The molecule has 0 aromatic carbocycles. The predicted octanol–water partition coefficient (Wildman–Crippen LogP) is 1.73. The molecule has 0 saturated heterocycles. The molecule has 56 valence electrons. The van der Waals surface area contributed by atoms with Crippen LogP contribution in [0.15, 0.2) is 17.8 Å². The number of rotatable bonds is 1. The Hall–Kier alpha value is -1.16. The molecule has 1 N–H and O–H groups in total. The summed E-state index contributed by atoms with van der Waals surface area (Å²) in [4.78, 5) is 8.22. The summed E-state index contributed by atoms with van der Waals surface area (Å²) in [6, 6.07) is 2.04. The highest BCUT2D eigenvalue weighted by Gasteiger charge is 1.97. The highest BCUT2D eigenvalue weighted by atomic mass is 32.1. The third-order valence-corrected chi connectivity index (χ3v) is 2.24. The van der Waals surface area contributed by atoms with E-state index in [0.29, 0.717) is 0 Å². The summed E-state index contributed by atoms with van der Waals surface area (Å²) in [5.74, 6) is 0. The van der Waals surface area contributed by atoms with Crippen molar-refractivity contribution in [2.45, 2.75) is 0 Å². The lowest BCUT2D eigenvalue weighted by Crippen LogP contribution is -1.87. The van der Waals surface area contributed by atoms with Crippen LogP contribution in [-0.4, -0.2) is 17.0 Å². The van der Waals surface area contributed by atoms with Gasteiger partial charge in [0.05, 0.1) is 22.1 Å². The van der Waals surface area contributed by atoms with Crippen molar-refractivity contribution in [3.05, 3.63) is 17.8 Å². The largest absolute Gasteiger partial charge is 0.387 e. The van der Waals surface area contributed by atoms with E-state index in [1.165, 1.54) is 0 Å². The van der Waals surface area contributed by atoms with E-state index < -0.39 is 0 Å². The number of pyridine rings is 1. The molecule has 0 amide bonds. The fourth-order valence-corrected chi connectivity index (χ4v) is 1.56. The standard InChI is InChI=1S/C7H7N3S/c1-8-5-2-6-7(9-3-5)10-4-11-6/h2-4,8H,1H3. The van der Waals surface area contributed by atoms with Crippen molar-refractivity contribution in [1.29, 1.82) is 0 Å². The van der Waals surface area contributed by atoms with Gasteiger partial charge in [-0.3, -0.25) is 0 Å². The molecule has 0 unspecified atom stereocenters. The Kier molecular flexibility index (Phi) is 1.47. The fraction of sp³-hybridized carbons (Fsp3) is 0.143. The van der Waals surface area contributed by atoms with E-state index in [2.05, 4.69) is 15.3 Å². The molecule has 3 nitrogen and oxygen atoms in total. The lowest BCUT2D eigenvalue weighted by Gasteiger charge is -1.95. The molecular weight excluding hydrogens is 158 g/mol. The minimum absolute atomic E-state index is 0.828. The van der Waals surface area contributed by atoms with Crippen LogP contribution in [0.5, 0.6) is 0 Å². The van der Waals surface area contributed by atoms with Gasteiger partial charge in [0.2, 0.25) is 0 Å². The van der Waals surface area contributed by atoms with Crippen LogP contribution in [0.2, 0.25) is 0 Å². The van der Waals surface area contributed by atoms with Crippen molar-refractivity contribution in [3.63, 3.8) is 0 Å². The maximum atomic E-state index is 4.15. The molecule has 0 aliphatic rings. The van der Waals surface area contributed by atoms with Gasteiger partial charge in [0.25, 0.3) is 0 Å². The molecule has 2 aromatic heterocycles. The first-order valence-corrected chi connectivity index (χ1v) is 4.15. The quantitative estimate of drug-likeness (QED) is 0.699. The van der Waals surface area contributed by atoms with Crippen molar-refractivity contribution in [2.24, 2.45) is 0 Å². The topological polar surface area (TPSA) is 37.8 Å². The van der Waals surface area contributed by atoms with Gasteiger partial charge < -0.3 is 5.32 Å². The Labute approximate surface area is 68.1 Å². The van der Waals surface area contributed by atoms with E-state index in [9.17, 15) is 0 Å². The lowest BCUT2D eigenvalue weighted by molar-refractivity contribution is 1.32. The zero-order chi connectivity index (χ0) is 7.68. The zero-order valence-electron chi connectivity index (χ0n) is 6.03. The maximum Gasteiger partial charge on any atom is 0.170 e. The van der Waals surface area contributed by atoms with Crippen molar-refractivity contribution < 1.29 is 0 Å². The van der Waals surface area contributed by atoms with Crippen molar-refractivity contribution in [3.8, 4) is 0 Å². The van der Waals surface area contributed by atoms with Gasteiger partial charge in [-0.05, 0) is 6.07 Å². The molecule has 0 aliphatic carbocycles. The minimum Gasteiger partial charge on any atom is -0.387 e. The van der Waals surface area contributed by atoms with Gasteiger partial charge in [0.1, 0.15) is 0 Å². The molecule has 0 saturated carbocycles. The van der Waals surface area contributed by atoms with E-state index >= 15 is 0 Å². The number of nitrogens with zero attached hydrogens (tertiary/aromatic N) is 2. The molecule has 0 aliphatic heterocycles. The van der Waals surface area contributed by atoms with Crippen molar-refractivity contribution >= 4 is 27.4 Å². The van der Waals surface area contributed by atoms with E-state index in [4.69, 9.17) is 0 Å². The number of hydrogen-bond donors (Lipinski definition) is 1. The van der Waals surface area contributed by atoms with Gasteiger partial charge in [0, 0.05) is 7.05 Å². The van der Waals surface area contributed by atoms with Gasteiger partial charge in [-0.2, -0.15) is 0 Å². The summed E-state index contributed by atoms with van der Waals surface area (Å²) in [6.45, 7) is 0. The van der Waals surface area contributed by atoms with Crippen LogP contribution in [0.4, 0.5) is 5.69 Å². The summed E-state index contributed by atoms with van der Waals surface area (Å²) in [7, 11) is 1.88. The molecule has 0 atom stereocenters. The fourth-order valence-electron chi connectivity index (χ4n) is 0.891. The first kappa shape index (κ1) is 6.54. The molecular formula is C7H7N3S. The monoisotopic (exact) mass is 165 g/mol. The summed E-state index contributed by atoms with van der Waals surface area (Å²) < 4.78 is 1.12. The molecule has 0 spiro atoms. The summed E-state index contributed by atoms with van der Waals surface area (Å²) >= 11 is 1.60. The highest BCUT2D eigenvalue weighted by molar-refractivity contribution is 7.16. The highest BCUT2D eigenvalue weighted by Crippen LogP contribution is 2.18. The maximum absolute atomic E-state index is 4.15. The van der Waals surface area contributed by atoms with Crippen LogP contribution >= 0.6 is 11.3 Å². The number of thiazole rings is 1. The zero-order valence-corrected chi connectivity index (χ0v) is 6.85. The average Bonchev–Trinajstić information content (AvgIpc) is 2.50. The number of aromatic nitrogens is 2. The first-order chi connectivity index (χ1) is 5.40. The molecule has 2 aromatic rings. The smallest absolute Gasteiger partial charge is 0.170 e. The number of fused-ring (bicyclic) bond motifs is 1. The van der Waals surface area contributed by atoms with Crippen LogP contribution in [0.3, 0.4) is 0 Å². The van der Waals surface area contributed by atoms with Gasteiger partial charge in [-0.15, -0.1) is 11.3 Å². The Morgan fingerprint density at radius 2 is 2.36 bits per heavy atom. The minimum atomic E-state index is 0.828. The second kappa shape index (κ2) is 2.47. The van der Waals surface area contributed by atoms with Crippen molar-refractivity contribution in [1.82, 2.24) is 9.97 Å². The van der Waals surface area contributed by atoms with E-state index in [0.717, 1.165) is 16.0 Å². The second-order valence-electron chi connectivity index (χ2n) is 2.15. The Morgan fingerprint density at radius 3 is 3.18 bits per heavy atom.